The summed E-state index contributed by atoms with van der Waals surface area (Å²) in [7, 11) is 0. The number of rotatable bonds is 1. The normalized spacial score (nSPS) is 10.5. The van der Waals surface area contributed by atoms with Crippen LogP contribution in [0.3, 0.4) is 0 Å². The third-order valence-electron chi connectivity index (χ3n) is 1.66. The van der Waals surface area contributed by atoms with E-state index in [1.54, 1.807) is 0 Å². The predicted octanol–water partition coefficient (Wildman–Crippen LogP) is 0.795. The van der Waals surface area contributed by atoms with Crippen LogP contribution in [0.1, 0.15) is 10.4 Å². The second-order valence-corrected chi connectivity index (χ2v) is 2.42. The number of fused-ring (bicyclic) bond motifs is 1. The molecule has 0 atom stereocenters. The van der Waals surface area contributed by atoms with Crippen molar-refractivity contribution in [3.8, 4) is 0 Å². The molecule has 0 unspecified atom stereocenters. The number of halogens is 1. The molecular weight excluding hydrogens is 177 g/mol. The first-order valence-corrected chi connectivity index (χ1v) is 3.42. The van der Waals surface area contributed by atoms with E-state index >= 15 is 0 Å². The van der Waals surface area contributed by atoms with Crippen molar-refractivity contribution in [2.75, 3.05) is 0 Å². The van der Waals surface area contributed by atoms with Crippen molar-refractivity contribution in [1.82, 2.24) is 15.4 Å². The molecule has 1 aromatic carbocycles. The van der Waals surface area contributed by atoms with Crippen LogP contribution in [0, 0.1) is 5.82 Å². The summed E-state index contributed by atoms with van der Waals surface area (Å²) in [4.78, 5) is 10.5. The number of carbonyl (C=O) groups is 1. The fourth-order valence-electron chi connectivity index (χ4n) is 1.04. The molecule has 13 heavy (non-hydrogen) atoms. The molecule has 0 saturated heterocycles. The largest absolute Gasteiger partial charge is 0.478 e. The van der Waals surface area contributed by atoms with E-state index < -0.39 is 17.3 Å². The fourth-order valence-corrected chi connectivity index (χ4v) is 1.04. The average molecular weight is 181 g/mol. The standard InChI is InChI=1S/C7H4FN3O2/c8-5-3(7(12)13)1-2-4-6(5)10-11-9-4/h1-2H,(H,12,13)(H,9,10,11). The summed E-state index contributed by atoms with van der Waals surface area (Å²) in [6.45, 7) is 0. The van der Waals surface area contributed by atoms with E-state index in [1.807, 2.05) is 0 Å². The molecule has 0 aliphatic rings. The average Bonchev–Trinajstić information content (AvgIpc) is 2.52. The van der Waals surface area contributed by atoms with E-state index in [1.165, 1.54) is 6.07 Å². The van der Waals surface area contributed by atoms with Gasteiger partial charge in [-0.25, -0.2) is 9.18 Å². The smallest absolute Gasteiger partial charge is 0.338 e. The Bertz CT molecular complexity index is 480. The van der Waals surface area contributed by atoms with Crippen molar-refractivity contribution in [3.05, 3.63) is 23.5 Å². The quantitative estimate of drug-likeness (QED) is 0.681. The highest BCUT2D eigenvalue weighted by atomic mass is 19.1. The molecular formula is C7H4FN3O2. The highest BCUT2D eigenvalue weighted by molar-refractivity contribution is 5.92. The molecule has 0 aliphatic carbocycles. The third kappa shape index (κ3) is 1.03. The minimum atomic E-state index is -1.32. The van der Waals surface area contributed by atoms with Crippen molar-refractivity contribution in [1.29, 1.82) is 0 Å². The topological polar surface area (TPSA) is 78.9 Å². The van der Waals surface area contributed by atoms with Gasteiger partial charge in [0.05, 0.1) is 5.56 Å². The van der Waals surface area contributed by atoms with Crippen molar-refractivity contribution in [2.45, 2.75) is 0 Å². The lowest BCUT2D eigenvalue weighted by atomic mass is 10.2. The number of aromatic carboxylic acids is 1. The van der Waals surface area contributed by atoms with Gasteiger partial charge in [0.2, 0.25) is 0 Å². The Labute approximate surface area is 71.2 Å². The number of carboxylic acid groups (broad SMARTS) is 1. The zero-order chi connectivity index (χ0) is 9.42. The molecule has 0 fully saturated rings. The van der Waals surface area contributed by atoms with Crippen LogP contribution < -0.4 is 0 Å². The summed E-state index contributed by atoms with van der Waals surface area (Å²) in [5.74, 6) is -2.18. The van der Waals surface area contributed by atoms with E-state index in [9.17, 15) is 9.18 Å². The van der Waals surface area contributed by atoms with Gasteiger partial charge in [-0.05, 0) is 12.1 Å². The molecule has 0 bridgehead atoms. The third-order valence-corrected chi connectivity index (χ3v) is 1.66. The van der Waals surface area contributed by atoms with E-state index in [0.29, 0.717) is 5.52 Å². The van der Waals surface area contributed by atoms with Crippen LogP contribution in [0.4, 0.5) is 4.39 Å². The molecule has 1 aromatic heterocycles. The number of H-pyrrole nitrogens is 1. The molecule has 66 valence electrons. The van der Waals surface area contributed by atoms with E-state index in [4.69, 9.17) is 5.11 Å². The molecule has 0 radical (unpaired) electrons. The highest BCUT2D eigenvalue weighted by Gasteiger charge is 2.15. The number of hydrogen-bond donors (Lipinski definition) is 2. The van der Waals surface area contributed by atoms with Gasteiger partial charge in [0.1, 0.15) is 11.0 Å². The molecule has 1 heterocycles. The lowest BCUT2D eigenvalue weighted by Gasteiger charge is -1.95. The minimum Gasteiger partial charge on any atom is -0.478 e. The molecule has 2 rings (SSSR count). The van der Waals surface area contributed by atoms with Crippen LogP contribution in [0.5, 0.6) is 0 Å². The predicted molar refractivity (Wildman–Crippen MR) is 40.8 cm³/mol. The van der Waals surface area contributed by atoms with Crippen LogP contribution in [0.25, 0.3) is 11.0 Å². The zero-order valence-electron chi connectivity index (χ0n) is 6.28. The van der Waals surface area contributed by atoms with E-state index in [2.05, 4.69) is 15.4 Å². The maximum Gasteiger partial charge on any atom is 0.338 e. The van der Waals surface area contributed by atoms with Crippen LogP contribution in [0.2, 0.25) is 0 Å². The van der Waals surface area contributed by atoms with Crippen LogP contribution in [-0.4, -0.2) is 26.5 Å². The van der Waals surface area contributed by atoms with Crippen molar-refractivity contribution >= 4 is 17.0 Å². The molecule has 2 aromatic rings. The fraction of sp³-hybridized carbons (Fsp3) is 0. The van der Waals surface area contributed by atoms with Crippen LogP contribution in [-0.2, 0) is 0 Å². The molecule has 0 saturated carbocycles. The second-order valence-electron chi connectivity index (χ2n) is 2.42. The lowest BCUT2D eigenvalue weighted by Crippen LogP contribution is -2.00. The number of nitrogens with one attached hydrogen (secondary N) is 1. The van der Waals surface area contributed by atoms with Gasteiger partial charge in [-0.15, -0.1) is 0 Å². The number of nitrogens with zero attached hydrogens (tertiary/aromatic N) is 2. The van der Waals surface area contributed by atoms with Gasteiger partial charge in [0.25, 0.3) is 0 Å². The van der Waals surface area contributed by atoms with Crippen molar-refractivity contribution in [3.63, 3.8) is 0 Å². The van der Waals surface area contributed by atoms with E-state index in [0.717, 1.165) is 6.07 Å². The minimum absolute atomic E-state index is 0.0556. The monoisotopic (exact) mass is 181 g/mol. The van der Waals surface area contributed by atoms with Gasteiger partial charge in [0, 0.05) is 0 Å². The SMILES string of the molecule is O=C(O)c1ccc2n[nH]nc2c1F. The van der Waals surface area contributed by atoms with Gasteiger partial charge in [-0.2, -0.15) is 15.4 Å². The Morgan fingerprint density at radius 1 is 1.46 bits per heavy atom. The van der Waals surface area contributed by atoms with Crippen LogP contribution >= 0.6 is 0 Å². The molecule has 2 N–H and O–H groups in total. The first kappa shape index (κ1) is 7.66. The number of benzene rings is 1. The number of carboxylic acids is 1. The molecule has 6 heteroatoms. The first-order chi connectivity index (χ1) is 6.20. The van der Waals surface area contributed by atoms with Gasteiger partial charge in [-0.1, -0.05) is 0 Å². The Morgan fingerprint density at radius 2 is 2.23 bits per heavy atom. The van der Waals surface area contributed by atoms with Gasteiger partial charge >= 0.3 is 5.97 Å². The number of aromatic nitrogens is 3. The molecule has 0 amide bonds. The number of hydrogen-bond acceptors (Lipinski definition) is 3. The highest BCUT2D eigenvalue weighted by Crippen LogP contribution is 2.16. The van der Waals surface area contributed by atoms with Gasteiger partial charge in [0.15, 0.2) is 5.82 Å². The van der Waals surface area contributed by atoms with Crippen molar-refractivity contribution in [2.24, 2.45) is 0 Å². The molecule has 0 aliphatic heterocycles. The Kier molecular flexibility index (Phi) is 1.48. The van der Waals surface area contributed by atoms with E-state index in [-0.39, 0.29) is 5.52 Å². The molecule has 0 spiro atoms. The van der Waals surface area contributed by atoms with Crippen LogP contribution in [0.15, 0.2) is 12.1 Å². The maximum atomic E-state index is 13.2. The first-order valence-electron chi connectivity index (χ1n) is 3.42. The second kappa shape index (κ2) is 2.51. The van der Waals surface area contributed by atoms with Gasteiger partial charge < -0.3 is 5.11 Å². The zero-order valence-corrected chi connectivity index (χ0v) is 6.28. The summed E-state index contributed by atoms with van der Waals surface area (Å²) in [5, 5.41) is 17.9. The maximum absolute atomic E-state index is 13.2. The summed E-state index contributed by atoms with van der Waals surface area (Å²) in [6.07, 6.45) is 0. The summed E-state index contributed by atoms with van der Waals surface area (Å²) in [6, 6.07) is 2.55. The number of aromatic amines is 1. The Hall–Kier alpha value is -1.98. The lowest BCUT2D eigenvalue weighted by molar-refractivity contribution is 0.0692. The van der Waals surface area contributed by atoms with Gasteiger partial charge in [-0.3, -0.25) is 0 Å². The summed E-state index contributed by atoms with van der Waals surface area (Å²) in [5.41, 5.74) is -0.149. The summed E-state index contributed by atoms with van der Waals surface area (Å²) < 4.78 is 13.2. The Balaban J connectivity index is 2.80. The van der Waals surface area contributed by atoms with Crippen molar-refractivity contribution < 1.29 is 14.3 Å². The summed E-state index contributed by atoms with van der Waals surface area (Å²) >= 11 is 0. The molecule has 5 nitrogen and oxygen atoms in total. The Morgan fingerprint density at radius 3 is 2.92 bits per heavy atom.